The zero-order valence-corrected chi connectivity index (χ0v) is 19.9. The van der Waals surface area contributed by atoms with E-state index in [-0.39, 0.29) is 11.7 Å². The Morgan fingerprint density at radius 2 is 1.94 bits per heavy atom. The summed E-state index contributed by atoms with van der Waals surface area (Å²) in [6.45, 7) is 2.50. The molecule has 0 bridgehead atoms. The lowest BCUT2D eigenvalue weighted by molar-refractivity contribution is -0.118. The van der Waals surface area contributed by atoms with Gasteiger partial charge >= 0.3 is 0 Å². The van der Waals surface area contributed by atoms with Crippen LogP contribution in [0.2, 0.25) is 0 Å². The van der Waals surface area contributed by atoms with Gasteiger partial charge in [-0.3, -0.25) is 4.79 Å². The van der Waals surface area contributed by atoms with Crippen molar-refractivity contribution in [1.29, 1.82) is 0 Å². The molecule has 0 aliphatic carbocycles. The van der Waals surface area contributed by atoms with Gasteiger partial charge in [0.2, 0.25) is 0 Å². The van der Waals surface area contributed by atoms with E-state index in [1.54, 1.807) is 24.7 Å². The summed E-state index contributed by atoms with van der Waals surface area (Å²) < 4.78 is 13.3. The van der Waals surface area contributed by atoms with Gasteiger partial charge in [0.25, 0.3) is 5.91 Å². The number of hydrazone groups is 1. The maximum Gasteiger partial charge on any atom is 0.250 e. The molecular formula is C25H23N3O3S2. The summed E-state index contributed by atoms with van der Waals surface area (Å²) in [5.74, 6) is 1.29. The number of hydrogen-bond donors (Lipinski definition) is 1. The van der Waals surface area contributed by atoms with Crippen LogP contribution in [0.3, 0.4) is 0 Å². The predicted molar refractivity (Wildman–Crippen MR) is 135 cm³/mol. The first-order valence-electron chi connectivity index (χ1n) is 10.3. The van der Waals surface area contributed by atoms with Crippen molar-refractivity contribution in [1.82, 2.24) is 10.4 Å². The second-order valence-electron chi connectivity index (χ2n) is 7.21. The third-order valence-electron chi connectivity index (χ3n) is 4.71. The number of aromatic nitrogens is 1. The number of aryl methyl sites for hydroxylation is 1. The largest absolute Gasteiger partial charge is 0.493 e. The summed E-state index contributed by atoms with van der Waals surface area (Å²) >= 11 is 2.97. The van der Waals surface area contributed by atoms with Gasteiger partial charge < -0.3 is 9.47 Å². The average molecular weight is 478 g/mol. The van der Waals surface area contributed by atoms with E-state index in [0.29, 0.717) is 18.1 Å². The topological polar surface area (TPSA) is 72.8 Å². The molecule has 0 saturated carbocycles. The second kappa shape index (κ2) is 11.0. The number of thiazole rings is 1. The third-order valence-corrected chi connectivity index (χ3v) is 6.89. The molecule has 1 aromatic heterocycles. The fourth-order valence-corrected chi connectivity index (χ4v) is 4.84. The number of para-hydroxylation sites is 1. The Morgan fingerprint density at radius 3 is 2.73 bits per heavy atom. The van der Waals surface area contributed by atoms with E-state index >= 15 is 0 Å². The Morgan fingerprint density at radius 1 is 1.12 bits per heavy atom. The smallest absolute Gasteiger partial charge is 0.250 e. The molecule has 3 aromatic carbocycles. The quantitative estimate of drug-likeness (QED) is 0.198. The number of carbonyl (C=O) groups is 1. The van der Waals surface area contributed by atoms with Crippen LogP contribution in [0, 0.1) is 6.92 Å². The molecule has 0 aliphatic rings. The number of benzene rings is 3. The molecule has 1 amide bonds. The minimum atomic E-state index is -0.194. The van der Waals surface area contributed by atoms with Crippen molar-refractivity contribution in [2.45, 2.75) is 17.9 Å². The van der Waals surface area contributed by atoms with Gasteiger partial charge in [0.1, 0.15) is 6.61 Å². The molecule has 168 valence electrons. The highest BCUT2D eigenvalue weighted by Crippen LogP contribution is 2.29. The van der Waals surface area contributed by atoms with Crippen LogP contribution in [0.4, 0.5) is 0 Å². The van der Waals surface area contributed by atoms with Gasteiger partial charge in [-0.1, -0.05) is 53.7 Å². The van der Waals surface area contributed by atoms with E-state index in [4.69, 9.17) is 9.47 Å². The molecule has 1 N–H and O–H groups in total. The Balaban J connectivity index is 1.28. The van der Waals surface area contributed by atoms with Gasteiger partial charge in [-0.15, -0.1) is 11.3 Å². The molecule has 0 radical (unpaired) electrons. The van der Waals surface area contributed by atoms with Crippen molar-refractivity contribution in [3.05, 3.63) is 83.4 Å². The number of carbonyl (C=O) groups excluding carboxylic acids is 1. The molecular weight excluding hydrogens is 454 g/mol. The molecule has 0 aliphatic heterocycles. The van der Waals surface area contributed by atoms with Gasteiger partial charge in [0.05, 0.1) is 29.3 Å². The first kappa shape index (κ1) is 22.8. The zero-order chi connectivity index (χ0) is 23.0. The molecule has 0 atom stereocenters. The monoisotopic (exact) mass is 477 g/mol. The number of rotatable bonds is 9. The highest BCUT2D eigenvalue weighted by Gasteiger charge is 2.08. The lowest BCUT2D eigenvalue weighted by Gasteiger charge is -2.11. The molecule has 0 fully saturated rings. The Kier molecular flexibility index (Phi) is 7.59. The second-order valence-corrected chi connectivity index (χ2v) is 9.47. The van der Waals surface area contributed by atoms with E-state index in [9.17, 15) is 4.79 Å². The van der Waals surface area contributed by atoms with Crippen molar-refractivity contribution < 1.29 is 14.3 Å². The van der Waals surface area contributed by atoms with Crippen LogP contribution in [0.5, 0.6) is 11.5 Å². The first-order valence-corrected chi connectivity index (χ1v) is 12.1. The average Bonchev–Trinajstić information content (AvgIpc) is 3.26. The van der Waals surface area contributed by atoms with Gasteiger partial charge in [-0.2, -0.15) is 5.10 Å². The summed E-state index contributed by atoms with van der Waals surface area (Å²) in [6, 6.07) is 21.6. The van der Waals surface area contributed by atoms with Crippen LogP contribution in [0.1, 0.15) is 16.7 Å². The normalized spacial score (nSPS) is 11.1. The van der Waals surface area contributed by atoms with Gasteiger partial charge in [-0.05, 0) is 48.4 Å². The molecule has 0 unspecified atom stereocenters. The fraction of sp³-hybridized carbons (Fsp3) is 0.160. The fourth-order valence-electron chi connectivity index (χ4n) is 2.98. The number of thioether (sulfide) groups is 1. The van der Waals surface area contributed by atoms with Crippen molar-refractivity contribution in [3.63, 3.8) is 0 Å². The van der Waals surface area contributed by atoms with Gasteiger partial charge in [0, 0.05) is 0 Å². The van der Waals surface area contributed by atoms with E-state index < -0.39 is 0 Å². The van der Waals surface area contributed by atoms with E-state index in [1.165, 1.54) is 17.3 Å². The zero-order valence-electron chi connectivity index (χ0n) is 18.3. The first-order chi connectivity index (χ1) is 16.1. The Bertz CT molecular complexity index is 1240. The molecule has 1 heterocycles. The summed E-state index contributed by atoms with van der Waals surface area (Å²) in [7, 11) is 1.59. The standard InChI is InChI=1S/C25H23N3O3S2/c1-17-7-9-18(10-8-17)15-31-21-12-11-19(13-22(21)30-2)14-26-28-24(29)16-32-25-27-20-5-3-4-6-23(20)33-25/h3-14H,15-16H2,1-2H3,(H,28,29)/b26-14-. The van der Waals surface area contributed by atoms with Crippen molar-refractivity contribution in [2.24, 2.45) is 5.10 Å². The minimum absolute atomic E-state index is 0.194. The molecule has 0 spiro atoms. The molecule has 4 aromatic rings. The summed E-state index contributed by atoms with van der Waals surface area (Å²) in [5.41, 5.74) is 6.58. The van der Waals surface area contributed by atoms with Crippen LogP contribution >= 0.6 is 23.1 Å². The van der Waals surface area contributed by atoms with Crippen LogP contribution in [0.25, 0.3) is 10.2 Å². The summed E-state index contributed by atoms with van der Waals surface area (Å²) in [5, 5.41) is 4.05. The van der Waals surface area contributed by atoms with E-state index in [1.807, 2.05) is 54.6 Å². The highest BCUT2D eigenvalue weighted by atomic mass is 32.2. The number of methoxy groups -OCH3 is 1. The SMILES string of the molecule is COc1cc(/C=N\NC(=O)CSc2nc3ccccc3s2)ccc1OCc1ccc(C)cc1. The maximum absolute atomic E-state index is 12.1. The van der Waals surface area contributed by atoms with Crippen LogP contribution < -0.4 is 14.9 Å². The van der Waals surface area contributed by atoms with Crippen molar-refractivity contribution in [2.75, 3.05) is 12.9 Å². The van der Waals surface area contributed by atoms with Crippen LogP contribution in [0.15, 0.2) is 76.2 Å². The number of hydrogen-bond acceptors (Lipinski definition) is 7. The number of amides is 1. The van der Waals surface area contributed by atoms with Crippen molar-refractivity contribution >= 4 is 45.4 Å². The molecule has 6 nitrogen and oxygen atoms in total. The predicted octanol–water partition coefficient (Wildman–Crippen LogP) is 5.43. The van der Waals surface area contributed by atoms with Crippen LogP contribution in [-0.4, -0.2) is 30.0 Å². The number of fused-ring (bicyclic) bond motifs is 1. The maximum atomic E-state index is 12.1. The van der Waals surface area contributed by atoms with E-state index in [2.05, 4.69) is 34.6 Å². The third kappa shape index (κ3) is 6.34. The number of nitrogens with zero attached hydrogens (tertiary/aromatic N) is 2. The van der Waals surface area contributed by atoms with Gasteiger partial charge in [0.15, 0.2) is 15.8 Å². The number of ether oxygens (including phenoxy) is 2. The lowest BCUT2D eigenvalue weighted by atomic mass is 10.2. The molecule has 4 rings (SSSR count). The summed E-state index contributed by atoms with van der Waals surface area (Å²) in [4.78, 5) is 16.6. The van der Waals surface area contributed by atoms with Crippen LogP contribution in [-0.2, 0) is 11.4 Å². The minimum Gasteiger partial charge on any atom is -0.493 e. The van der Waals surface area contributed by atoms with E-state index in [0.717, 1.165) is 25.7 Å². The number of nitrogens with one attached hydrogen (secondary N) is 1. The Hall–Kier alpha value is -3.36. The molecule has 8 heteroatoms. The van der Waals surface area contributed by atoms with Crippen molar-refractivity contribution in [3.8, 4) is 11.5 Å². The summed E-state index contributed by atoms with van der Waals surface area (Å²) in [6.07, 6.45) is 1.58. The Labute approximate surface area is 200 Å². The highest BCUT2D eigenvalue weighted by molar-refractivity contribution is 8.01. The molecule has 33 heavy (non-hydrogen) atoms. The lowest BCUT2D eigenvalue weighted by Crippen LogP contribution is -2.19. The molecule has 0 saturated heterocycles. The van der Waals surface area contributed by atoms with Gasteiger partial charge in [-0.25, -0.2) is 10.4 Å².